The first kappa shape index (κ1) is 17.5. The fourth-order valence-electron chi connectivity index (χ4n) is 2.33. The Labute approximate surface area is 128 Å². The van der Waals surface area contributed by atoms with E-state index in [0.717, 1.165) is 31.5 Å². The summed E-state index contributed by atoms with van der Waals surface area (Å²) in [5, 5.41) is 2.97. The van der Waals surface area contributed by atoms with Crippen LogP contribution in [0.1, 0.15) is 47.0 Å². The number of hydrogen-bond donors (Lipinski definition) is 2. The van der Waals surface area contributed by atoms with Crippen LogP contribution in [0.5, 0.6) is 0 Å². The van der Waals surface area contributed by atoms with E-state index < -0.39 is 0 Å². The summed E-state index contributed by atoms with van der Waals surface area (Å²) in [6.45, 7) is 9.46. The molecule has 0 saturated heterocycles. The molecule has 0 fully saturated rings. The van der Waals surface area contributed by atoms with Gasteiger partial charge in [0, 0.05) is 17.4 Å². The largest absolute Gasteiger partial charge is 0.399 e. The van der Waals surface area contributed by atoms with Crippen LogP contribution in [0.3, 0.4) is 0 Å². The van der Waals surface area contributed by atoms with Crippen LogP contribution in [-0.2, 0) is 4.79 Å². The zero-order valence-electron chi connectivity index (χ0n) is 13.7. The lowest BCUT2D eigenvalue weighted by Gasteiger charge is -2.33. The number of nitrogen functional groups attached to an aromatic ring is 1. The third-order valence-corrected chi connectivity index (χ3v) is 3.98. The normalized spacial score (nSPS) is 14.0. The molecule has 1 aromatic rings. The number of hydrogen-bond acceptors (Lipinski definition) is 3. The summed E-state index contributed by atoms with van der Waals surface area (Å²) >= 11 is 0. The molecule has 0 aliphatic carbocycles. The smallest absolute Gasteiger partial charge is 0.241 e. The number of anilines is 2. The molecule has 0 saturated carbocycles. The number of nitrogens with two attached hydrogens (primary N) is 1. The number of nitrogens with zero attached hydrogens (tertiary/aromatic N) is 1. The van der Waals surface area contributed by atoms with Crippen molar-refractivity contribution in [2.24, 2.45) is 0 Å². The molecule has 0 aromatic heterocycles. The van der Waals surface area contributed by atoms with Gasteiger partial charge in [-0.3, -0.25) is 9.69 Å². The van der Waals surface area contributed by atoms with E-state index in [1.807, 2.05) is 19.1 Å². The van der Waals surface area contributed by atoms with Gasteiger partial charge in [0.1, 0.15) is 0 Å². The van der Waals surface area contributed by atoms with E-state index in [1.165, 1.54) is 0 Å². The van der Waals surface area contributed by atoms with Gasteiger partial charge in [0.05, 0.1) is 6.04 Å². The monoisotopic (exact) mass is 291 g/mol. The topological polar surface area (TPSA) is 58.4 Å². The zero-order chi connectivity index (χ0) is 15.8. The molecule has 2 unspecified atom stereocenters. The fraction of sp³-hybridized carbons (Fsp3) is 0.588. The van der Waals surface area contributed by atoms with Crippen LogP contribution < -0.4 is 11.1 Å². The molecule has 0 bridgehead atoms. The molecule has 1 amide bonds. The van der Waals surface area contributed by atoms with Crippen molar-refractivity contribution in [3.05, 3.63) is 24.3 Å². The Hall–Kier alpha value is -1.55. The molecule has 2 atom stereocenters. The lowest BCUT2D eigenvalue weighted by molar-refractivity contribution is -0.121. The summed E-state index contributed by atoms with van der Waals surface area (Å²) in [5.41, 5.74) is 7.15. The molecule has 0 spiro atoms. The minimum absolute atomic E-state index is 0.0381. The maximum Gasteiger partial charge on any atom is 0.241 e. The summed E-state index contributed by atoms with van der Waals surface area (Å²) in [7, 11) is 0. The molecule has 0 heterocycles. The van der Waals surface area contributed by atoms with Gasteiger partial charge in [0.2, 0.25) is 5.91 Å². The van der Waals surface area contributed by atoms with Crippen molar-refractivity contribution < 1.29 is 4.79 Å². The van der Waals surface area contributed by atoms with Gasteiger partial charge >= 0.3 is 0 Å². The summed E-state index contributed by atoms with van der Waals surface area (Å²) < 4.78 is 0. The maximum absolute atomic E-state index is 12.4. The number of rotatable bonds is 8. The Morgan fingerprint density at radius 1 is 1.24 bits per heavy atom. The van der Waals surface area contributed by atoms with Gasteiger partial charge in [0.15, 0.2) is 0 Å². The molecule has 4 heteroatoms. The van der Waals surface area contributed by atoms with Crippen LogP contribution in [0.2, 0.25) is 0 Å². The third-order valence-electron chi connectivity index (χ3n) is 3.98. The van der Waals surface area contributed by atoms with Gasteiger partial charge in [-0.2, -0.15) is 0 Å². The highest BCUT2D eigenvalue weighted by atomic mass is 16.2. The Morgan fingerprint density at radius 3 is 2.38 bits per heavy atom. The average molecular weight is 291 g/mol. The molecule has 1 rings (SSSR count). The van der Waals surface area contributed by atoms with E-state index in [-0.39, 0.29) is 11.9 Å². The summed E-state index contributed by atoms with van der Waals surface area (Å²) in [4.78, 5) is 14.7. The Balaban J connectivity index is 2.70. The highest BCUT2D eigenvalue weighted by Crippen LogP contribution is 2.15. The fourth-order valence-corrected chi connectivity index (χ4v) is 2.33. The minimum Gasteiger partial charge on any atom is -0.399 e. The van der Waals surface area contributed by atoms with Crippen LogP contribution in [0, 0.1) is 0 Å². The Bertz CT molecular complexity index is 430. The third kappa shape index (κ3) is 5.38. The van der Waals surface area contributed by atoms with Crippen molar-refractivity contribution in [1.29, 1.82) is 0 Å². The lowest BCUT2D eigenvalue weighted by Crippen LogP contribution is -2.47. The molecule has 0 radical (unpaired) electrons. The van der Waals surface area contributed by atoms with Crippen molar-refractivity contribution >= 4 is 17.3 Å². The van der Waals surface area contributed by atoms with Crippen LogP contribution in [0.25, 0.3) is 0 Å². The van der Waals surface area contributed by atoms with Crippen molar-refractivity contribution in [1.82, 2.24) is 4.90 Å². The first-order chi connectivity index (χ1) is 9.99. The predicted octanol–water partition coefficient (Wildman–Crippen LogP) is 3.50. The highest BCUT2D eigenvalue weighted by molar-refractivity contribution is 5.94. The Kier molecular flexibility index (Phi) is 7.23. The molecule has 0 aliphatic rings. The number of carbonyl (C=O) groups excluding carboxylic acids is 1. The van der Waals surface area contributed by atoms with Gasteiger partial charge in [-0.25, -0.2) is 0 Å². The van der Waals surface area contributed by atoms with Crippen molar-refractivity contribution in [2.75, 3.05) is 17.6 Å². The summed E-state index contributed by atoms with van der Waals surface area (Å²) in [5.74, 6) is 0.0381. The summed E-state index contributed by atoms with van der Waals surface area (Å²) in [6, 6.07) is 7.53. The number of amides is 1. The number of unbranched alkanes of at least 4 members (excludes halogenated alkanes) is 1. The zero-order valence-corrected chi connectivity index (χ0v) is 13.7. The molecule has 4 nitrogen and oxygen atoms in total. The standard InChI is InChI=1S/C17H29N3O/c1-5-7-12-20(13(3)6-2)14(4)17(21)19-16-10-8-15(18)9-11-16/h8-11,13-14H,5-7,12,18H2,1-4H3,(H,19,21). The van der Waals surface area contributed by atoms with Gasteiger partial charge in [-0.15, -0.1) is 0 Å². The summed E-state index contributed by atoms with van der Waals surface area (Å²) in [6.07, 6.45) is 3.30. The molecule has 0 aliphatic heterocycles. The predicted molar refractivity (Wildman–Crippen MR) is 90.3 cm³/mol. The minimum atomic E-state index is -0.135. The second-order valence-corrected chi connectivity index (χ2v) is 5.64. The van der Waals surface area contributed by atoms with Gasteiger partial charge in [-0.1, -0.05) is 20.3 Å². The number of benzene rings is 1. The quantitative estimate of drug-likeness (QED) is 0.721. The molecule has 21 heavy (non-hydrogen) atoms. The molecular formula is C17H29N3O. The van der Waals surface area contributed by atoms with Crippen LogP contribution >= 0.6 is 0 Å². The number of nitrogens with one attached hydrogen (secondary N) is 1. The maximum atomic E-state index is 12.4. The molecular weight excluding hydrogens is 262 g/mol. The SMILES string of the molecule is CCCCN(C(C)CC)C(C)C(=O)Nc1ccc(N)cc1. The van der Waals surface area contributed by atoms with E-state index in [9.17, 15) is 4.79 Å². The van der Waals surface area contributed by atoms with E-state index >= 15 is 0 Å². The number of carbonyl (C=O) groups is 1. The average Bonchev–Trinajstić information content (AvgIpc) is 2.49. The molecule has 3 N–H and O–H groups in total. The first-order valence-corrected chi connectivity index (χ1v) is 7.91. The van der Waals surface area contributed by atoms with Crippen molar-refractivity contribution in [3.63, 3.8) is 0 Å². The van der Waals surface area contributed by atoms with Gasteiger partial charge in [0.25, 0.3) is 0 Å². The van der Waals surface area contributed by atoms with E-state index in [0.29, 0.717) is 11.7 Å². The Morgan fingerprint density at radius 2 is 1.86 bits per heavy atom. The van der Waals surface area contributed by atoms with Crippen LogP contribution in [0.15, 0.2) is 24.3 Å². The van der Waals surface area contributed by atoms with Gasteiger partial charge < -0.3 is 11.1 Å². The van der Waals surface area contributed by atoms with E-state index in [4.69, 9.17) is 5.73 Å². The highest BCUT2D eigenvalue weighted by Gasteiger charge is 2.24. The lowest BCUT2D eigenvalue weighted by atomic mass is 10.1. The second-order valence-electron chi connectivity index (χ2n) is 5.64. The van der Waals surface area contributed by atoms with Crippen molar-refractivity contribution in [3.8, 4) is 0 Å². The molecule has 1 aromatic carbocycles. The van der Waals surface area contributed by atoms with Crippen LogP contribution in [-0.4, -0.2) is 29.4 Å². The first-order valence-electron chi connectivity index (χ1n) is 7.91. The molecule has 118 valence electrons. The second kappa shape index (κ2) is 8.67. The van der Waals surface area contributed by atoms with Crippen LogP contribution in [0.4, 0.5) is 11.4 Å². The van der Waals surface area contributed by atoms with E-state index in [1.54, 1.807) is 12.1 Å². The van der Waals surface area contributed by atoms with Crippen molar-refractivity contribution in [2.45, 2.75) is 59.0 Å². The van der Waals surface area contributed by atoms with E-state index in [2.05, 4.69) is 31.0 Å². The van der Waals surface area contributed by atoms with Gasteiger partial charge in [-0.05, 0) is 57.5 Å².